The number of hydrogen-bond donors (Lipinski definition) is 1. The summed E-state index contributed by atoms with van der Waals surface area (Å²) in [6.45, 7) is 2.77. The van der Waals surface area contributed by atoms with Crippen LogP contribution in [0.2, 0.25) is 0 Å². The highest BCUT2D eigenvalue weighted by atomic mass is 16.5. The summed E-state index contributed by atoms with van der Waals surface area (Å²) >= 11 is 0. The molecule has 0 spiro atoms. The van der Waals surface area contributed by atoms with E-state index in [9.17, 15) is 0 Å². The monoisotopic (exact) mass is 271 g/mol. The third kappa shape index (κ3) is 4.03. The van der Waals surface area contributed by atoms with Crippen molar-refractivity contribution in [2.75, 3.05) is 13.7 Å². The highest BCUT2D eigenvalue weighted by Crippen LogP contribution is 2.21. The lowest BCUT2D eigenvalue weighted by Gasteiger charge is -2.15. The van der Waals surface area contributed by atoms with E-state index in [0.29, 0.717) is 6.61 Å². The van der Waals surface area contributed by atoms with Gasteiger partial charge < -0.3 is 10.1 Å². The average Bonchev–Trinajstić information content (AvgIpc) is 2.52. The molecule has 2 heterocycles. The SMILES string of the molecule is CNC(C)c1cccnc1OCCCc1ccncc1. The van der Waals surface area contributed by atoms with E-state index in [1.807, 2.05) is 43.7 Å². The second-order valence-corrected chi connectivity index (χ2v) is 4.72. The zero-order valence-electron chi connectivity index (χ0n) is 12.0. The standard InChI is InChI=1S/C16H21N3O/c1-13(17-2)15-6-3-9-19-16(15)20-12-4-5-14-7-10-18-11-8-14/h3,6-11,13,17H,4-5,12H2,1-2H3. The Kier molecular flexibility index (Phi) is 5.50. The Hall–Kier alpha value is -1.94. The zero-order valence-corrected chi connectivity index (χ0v) is 12.0. The van der Waals surface area contributed by atoms with E-state index in [1.165, 1.54) is 5.56 Å². The molecule has 20 heavy (non-hydrogen) atoms. The summed E-state index contributed by atoms with van der Waals surface area (Å²) in [6.07, 6.45) is 7.37. The van der Waals surface area contributed by atoms with Crippen LogP contribution in [-0.4, -0.2) is 23.6 Å². The van der Waals surface area contributed by atoms with Crippen LogP contribution >= 0.6 is 0 Å². The highest BCUT2D eigenvalue weighted by Gasteiger charge is 2.10. The summed E-state index contributed by atoms with van der Waals surface area (Å²) in [5.41, 5.74) is 2.38. The first kappa shape index (κ1) is 14.5. The maximum absolute atomic E-state index is 5.82. The molecule has 0 aliphatic carbocycles. The lowest BCUT2D eigenvalue weighted by atomic mass is 10.1. The molecule has 1 N–H and O–H groups in total. The Bertz CT molecular complexity index is 516. The molecule has 2 aromatic rings. The van der Waals surface area contributed by atoms with Crippen molar-refractivity contribution in [1.82, 2.24) is 15.3 Å². The number of nitrogens with zero attached hydrogens (tertiary/aromatic N) is 2. The molecule has 4 heteroatoms. The van der Waals surface area contributed by atoms with Crippen molar-refractivity contribution < 1.29 is 4.74 Å². The van der Waals surface area contributed by atoms with Crippen LogP contribution in [0, 0.1) is 0 Å². The fourth-order valence-corrected chi connectivity index (χ4v) is 2.00. The summed E-state index contributed by atoms with van der Waals surface area (Å²) in [6, 6.07) is 8.29. The van der Waals surface area contributed by atoms with Crippen molar-refractivity contribution in [3.8, 4) is 5.88 Å². The predicted octanol–water partition coefficient (Wildman–Crippen LogP) is 2.77. The molecule has 0 bridgehead atoms. The zero-order chi connectivity index (χ0) is 14.2. The Morgan fingerprint density at radius 1 is 1.20 bits per heavy atom. The molecule has 0 aromatic carbocycles. The summed E-state index contributed by atoms with van der Waals surface area (Å²) in [5, 5.41) is 3.21. The minimum atomic E-state index is 0.235. The van der Waals surface area contributed by atoms with Gasteiger partial charge in [0.15, 0.2) is 0 Å². The van der Waals surface area contributed by atoms with E-state index >= 15 is 0 Å². The van der Waals surface area contributed by atoms with E-state index in [2.05, 4.69) is 22.2 Å². The van der Waals surface area contributed by atoms with Gasteiger partial charge in [-0.3, -0.25) is 4.98 Å². The van der Waals surface area contributed by atoms with E-state index in [4.69, 9.17) is 4.74 Å². The molecular weight excluding hydrogens is 250 g/mol. The van der Waals surface area contributed by atoms with Gasteiger partial charge in [0.25, 0.3) is 0 Å². The normalized spacial score (nSPS) is 12.1. The van der Waals surface area contributed by atoms with Gasteiger partial charge in [0, 0.05) is 30.2 Å². The van der Waals surface area contributed by atoms with Crippen molar-refractivity contribution in [3.63, 3.8) is 0 Å². The number of nitrogens with one attached hydrogen (secondary N) is 1. The van der Waals surface area contributed by atoms with E-state index in [-0.39, 0.29) is 6.04 Å². The van der Waals surface area contributed by atoms with Crippen LogP contribution in [0.15, 0.2) is 42.9 Å². The van der Waals surface area contributed by atoms with Crippen molar-refractivity contribution in [2.24, 2.45) is 0 Å². The first-order valence-corrected chi connectivity index (χ1v) is 6.95. The number of aryl methyl sites for hydroxylation is 1. The van der Waals surface area contributed by atoms with Crippen molar-refractivity contribution >= 4 is 0 Å². The Labute approximate surface area is 120 Å². The molecule has 0 aliphatic rings. The van der Waals surface area contributed by atoms with Gasteiger partial charge in [-0.15, -0.1) is 0 Å². The van der Waals surface area contributed by atoms with Gasteiger partial charge in [-0.05, 0) is 50.6 Å². The molecule has 2 rings (SSSR count). The number of rotatable bonds is 7. The second-order valence-electron chi connectivity index (χ2n) is 4.72. The second kappa shape index (κ2) is 7.60. The highest BCUT2D eigenvalue weighted by molar-refractivity contribution is 5.28. The summed E-state index contributed by atoms with van der Waals surface area (Å²) < 4.78 is 5.82. The Morgan fingerprint density at radius 2 is 2.00 bits per heavy atom. The first-order valence-electron chi connectivity index (χ1n) is 6.95. The molecule has 1 atom stereocenters. The molecule has 2 aromatic heterocycles. The third-order valence-electron chi connectivity index (χ3n) is 3.30. The smallest absolute Gasteiger partial charge is 0.218 e. The van der Waals surface area contributed by atoms with E-state index in [0.717, 1.165) is 24.3 Å². The largest absolute Gasteiger partial charge is 0.477 e. The molecule has 0 radical (unpaired) electrons. The van der Waals surface area contributed by atoms with Gasteiger partial charge in [-0.1, -0.05) is 6.07 Å². The maximum atomic E-state index is 5.82. The van der Waals surface area contributed by atoms with Gasteiger partial charge in [-0.25, -0.2) is 4.98 Å². The molecule has 0 amide bonds. The van der Waals surface area contributed by atoms with Gasteiger partial charge in [0.2, 0.25) is 5.88 Å². The lowest BCUT2D eigenvalue weighted by molar-refractivity contribution is 0.293. The van der Waals surface area contributed by atoms with Crippen molar-refractivity contribution in [1.29, 1.82) is 0 Å². The quantitative estimate of drug-likeness (QED) is 0.787. The minimum absolute atomic E-state index is 0.235. The molecule has 0 saturated heterocycles. The maximum Gasteiger partial charge on any atom is 0.218 e. The topological polar surface area (TPSA) is 47.0 Å². The number of pyridine rings is 2. The van der Waals surface area contributed by atoms with Crippen LogP contribution in [0.5, 0.6) is 5.88 Å². The number of ether oxygens (including phenoxy) is 1. The summed E-state index contributed by atoms with van der Waals surface area (Å²) in [4.78, 5) is 8.33. The molecule has 1 unspecified atom stereocenters. The fourth-order valence-electron chi connectivity index (χ4n) is 2.00. The van der Waals surface area contributed by atoms with Gasteiger partial charge in [0.05, 0.1) is 6.61 Å². The van der Waals surface area contributed by atoms with Crippen LogP contribution < -0.4 is 10.1 Å². The molecule has 0 aliphatic heterocycles. The lowest BCUT2D eigenvalue weighted by Crippen LogP contribution is -2.14. The molecule has 4 nitrogen and oxygen atoms in total. The fraction of sp³-hybridized carbons (Fsp3) is 0.375. The van der Waals surface area contributed by atoms with E-state index in [1.54, 1.807) is 6.20 Å². The Morgan fingerprint density at radius 3 is 2.75 bits per heavy atom. The van der Waals surface area contributed by atoms with Crippen LogP contribution in [-0.2, 0) is 6.42 Å². The van der Waals surface area contributed by atoms with Gasteiger partial charge >= 0.3 is 0 Å². The molecular formula is C16H21N3O. The molecule has 0 saturated carbocycles. The summed E-state index contributed by atoms with van der Waals surface area (Å²) in [7, 11) is 1.94. The third-order valence-corrected chi connectivity index (χ3v) is 3.30. The van der Waals surface area contributed by atoms with Crippen LogP contribution in [0.4, 0.5) is 0 Å². The Balaban J connectivity index is 1.85. The van der Waals surface area contributed by atoms with Crippen LogP contribution in [0.1, 0.15) is 30.5 Å². The van der Waals surface area contributed by atoms with Gasteiger partial charge in [-0.2, -0.15) is 0 Å². The number of aromatic nitrogens is 2. The van der Waals surface area contributed by atoms with Crippen LogP contribution in [0.25, 0.3) is 0 Å². The average molecular weight is 271 g/mol. The molecule has 106 valence electrons. The number of hydrogen-bond acceptors (Lipinski definition) is 4. The molecule has 0 fully saturated rings. The van der Waals surface area contributed by atoms with Crippen molar-refractivity contribution in [2.45, 2.75) is 25.8 Å². The minimum Gasteiger partial charge on any atom is -0.477 e. The van der Waals surface area contributed by atoms with E-state index < -0.39 is 0 Å². The predicted molar refractivity (Wildman–Crippen MR) is 79.8 cm³/mol. The van der Waals surface area contributed by atoms with Crippen LogP contribution in [0.3, 0.4) is 0 Å². The van der Waals surface area contributed by atoms with Crippen molar-refractivity contribution in [3.05, 3.63) is 54.0 Å². The summed E-state index contributed by atoms with van der Waals surface area (Å²) in [5.74, 6) is 0.726. The van der Waals surface area contributed by atoms with Gasteiger partial charge in [0.1, 0.15) is 0 Å². The first-order chi connectivity index (χ1) is 9.81.